The summed E-state index contributed by atoms with van der Waals surface area (Å²) >= 11 is 0. The molecule has 0 bridgehead atoms. The second-order valence-electron chi connectivity index (χ2n) is 4.57. The van der Waals surface area contributed by atoms with Gasteiger partial charge in [-0.25, -0.2) is 0 Å². The number of benzene rings is 2. The zero-order valence-electron chi connectivity index (χ0n) is 12.0. The van der Waals surface area contributed by atoms with Gasteiger partial charge in [-0.3, -0.25) is 0 Å². The molecule has 0 amide bonds. The van der Waals surface area contributed by atoms with Gasteiger partial charge in [0.1, 0.15) is 17.8 Å². The average molecular weight is 280 g/mol. The minimum Gasteiger partial charge on any atom is -0.495 e. The average Bonchev–Trinajstić information content (AvgIpc) is 2.71. The zero-order valence-corrected chi connectivity index (χ0v) is 12.0. The fraction of sp³-hybridized carbons (Fsp3) is 0.111. The van der Waals surface area contributed by atoms with Gasteiger partial charge >= 0.3 is 0 Å². The van der Waals surface area contributed by atoms with Crippen LogP contribution < -0.4 is 4.74 Å². The Labute approximate surface area is 124 Å². The van der Waals surface area contributed by atoms with Crippen LogP contribution in [-0.4, -0.2) is 14.2 Å². The van der Waals surface area contributed by atoms with Gasteiger partial charge in [-0.15, -0.1) is 0 Å². The lowest BCUT2D eigenvalue weighted by Crippen LogP contribution is -1.98. The first-order chi connectivity index (χ1) is 10.3. The first-order valence-corrected chi connectivity index (χ1v) is 6.69. The Balaban J connectivity index is 2.30. The molecular weight excluding hydrogens is 264 g/mol. The van der Waals surface area contributed by atoms with Crippen molar-refractivity contribution in [2.24, 2.45) is 0 Å². The van der Waals surface area contributed by atoms with Crippen molar-refractivity contribution in [2.75, 3.05) is 14.2 Å². The molecule has 3 nitrogen and oxygen atoms in total. The Bertz CT molecular complexity index is 699. The molecule has 21 heavy (non-hydrogen) atoms. The highest BCUT2D eigenvalue weighted by Gasteiger charge is 2.23. The Hall–Kier alpha value is -2.68. The van der Waals surface area contributed by atoms with Crippen molar-refractivity contribution in [3.63, 3.8) is 0 Å². The van der Waals surface area contributed by atoms with Crippen molar-refractivity contribution in [1.29, 1.82) is 0 Å². The minimum absolute atomic E-state index is 0.634. The third-order valence-corrected chi connectivity index (χ3v) is 3.38. The zero-order chi connectivity index (χ0) is 14.7. The van der Waals surface area contributed by atoms with E-state index < -0.39 is 0 Å². The molecule has 2 aromatic carbocycles. The van der Waals surface area contributed by atoms with Crippen LogP contribution in [0.25, 0.3) is 11.3 Å². The molecule has 1 aliphatic heterocycles. The molecule has 0 unspecified atom stereocenters. The molecule has 3 heteroatoms. The van der Waals surface area contributed by atoms with E-state index in [0.717, 1.165) is 28.2 Å². The first kappa shape index (κ1) is 13.3. The topological polar surface area (TPSA) is 27.7 Å². The molecule has 0 aliphatic carbocycles. The van der Waals surface area contributed by atoms with Crippen LogP contribution in [0.4, 0.5) is 0 Å². The summed E-state index contributed by atoms with van der Waals surface area (Å²) < 4.78 is 16.9. The lowest BCUT2D eigenvalue weighted by Gasteiger charge is -2.14. The third kappa shape index (κ3) is 2.38. The maximum absolute atomic E-state index is 5.73. The molecule has 0 radical (unpaired) electrons. The van der Waals surface area contributed by atoms with E-state index in [9.17, 15) is 0 Å². The quantitative estimate of drug-likeness (QED) is 0.847. The molecular formula is C18H16O3. The molecule has 2 aromatic rings. The highest BCUT2D eigenvalue weighted by atomic mass is 16.5. The Morgan fingerprint density at radius 3 is 2.24 bits per heavy atom. The maximum atomic E-state index is 5.73. The molecule has 0 atom stereocenters. The summed E-state index contributed by atoms with van der Waals surface area (Å²) in [6.45, 7) is 0. The Morgan fingerprint density at radius 1 is 0.810 bits per heavy atom. The Morgan fingerprint density at radius 2 is 1.52 bits per heavy atom. The molecule has 0 saturated carbocycles. The van der Waals surface area contributed by atoms with Crippen LogP contribution in [0.2, 0.25) is 0 Å². The van der Waals surface area contributed by atoms with Gasteiger partial charge in [-0.1, -0.05) is 42.5 Å². The smallest absolute Gasteiger partial charge is 0.165 e. The molecule has 0 saturated heterocycles. The van der Waals surface area contributed by atoms with Crippen LogP contribution in [-0.2, 0) is 9.47 Å². The van der Waals surface area contributed by atoms with E-state index in [1.54, 1.807) is 20.5 Å². The van der Waals surface area contributed by atoms with Crippen molar-refractivity contribution >= 4 is 11.3 Å². The van der Waals surface area contributed by atoms with Crippen molar-refractivity contribution < 1.29 is 14.2 Å². The van der Waals surface area contributed by atoms with Crippen molar-refractivity contribution in [2.45, 2.75) is 0 Å². The van der Waals surface area contributed by atoms with Crippen LogP contribution in [0.15, 0.2) is 66.6 Å². The summed E-state index contributed by atoms with van der Waals surface area (Å²) in [7, 11) is 3.29. The highest BCUT2D eigenvalue weighted by molar-refractivity contribution is 5.96. The van der Waals surface area contributed by atoms with Gasteiger partial charge in [-0.05, 0) is 17.7 Å². The fourth-order valence-electron chi connectivity index (χ4n) is 2.42. The van der Waals surface area contributed by atoms with Crippen LogP contribution in [0, 0.1) is 0 Å². The second-order valence-corrected chi connectivity index (χ2v) is 4.57. The van der Waals surface area contributed by atoms with E-state index in [0.29, 0.717) is 5.76 Å². The molecule has 0 aromatic heterocycles. The third-order valence-electron chi connectivity index (χ3n) is 3.38. The first-order valence-electron chi connectivity index (χ1n) is 6.69. The van der Waals surface area contributed by atoms with Crippen LogP contribution in [0.3, 0.4) is 0 Å². The number of fused-ring (bicyclic) bond motifs is 1. The van der Waals surface area contributed by atoms with Crippen LogP contribution >= 0.6 is 0 Å². The lowest BCUT2D eigenvalue weighted by molar-refractivity contribution is 0.293. The van der Waals surface area contributed by atoms with Gasteiger partial charge in [-0.2, -0.15) is 0 Å². The predicted molar refractivity (Wildman–Crippen MR) is 82.4 cm³/mol. The molecule has 1 aliphatic rings. The highest BCUT2D eigenvalue weighted by Crippen LogP contribution is 2.39. The summed E-state index contributed by atoms with van der Waals surface area (Å²) in [5, 5.41) is 0. The van der Waals surface area contributed by atoms with E-state index in [1.165, 1.54) is 0 Å². The van der Waals surface area contributed by atoms with E-state index in [1.807, 2.05) is 54.6 Å². The number of para-hydroxylation sites is 1. The van der Waals surface area contributed by atoms with E-state index in [-0.39, 0.29) is 0 Å². The van der Waals surface area contributed by atoms with Crippen molar-refractivity contribution in [3.8, 4) is 5.75 Å². The van der Waals surface area contributed by atoms with Gasteiger partial charge in [0.2, 0.25) is 0 Å². The number of hydrogen-bond acceptors (Lipinski definition) is 3. The van der Waals surface area contributed by atoms with Gasteiger partial charge in [0.25, 0.3) is 0 Å². The normalized spacial score (nSPS) is 13.7. The van der Waals surface area contributed by atoms with Crippen LogP contribution in [0.5, 0.6) is 5.75 Å². The SMILES string of the molecule is COC1=COc2ccccc2C(OC)=C1c1ccccc1. The maximum Gasteiger partial charge on any atom is 0.165 e. The van der Waals surface area contributed by atoms with Crippen LogP contribution in [0.1, 0.15) is 11.1 Å². The summed E-state index contributed by atoms with van der Waals surface area (Å²) in [6.07, 6.45) is 1.62. The van der Waals surface area contributed by atoms with Crippen molar-refractivity contribution in [3.05, 3.63) is 77.7 Å². The molecule has 3 rings (SSSR count). The van der Waals surface area contributed by atoms with E-state index in [4.69, 9.17) is 14.2 Å². The number of ether oxygens (including phenoxy) is 3. The number of hydrogen-bond donors (Lipinski definition) is 0. The monoisotopic (exact) mass is 280 g/mol. The van der Waals surface area contributed by atoms with Gasteiger partial charge < -0.3 is 14.2 Å². The van der Waals surface area contributed by atoms with Gasteiger partial charge in [0, 0.05) is 0 Å². The number of methoxy groups -OCH3 is 2. The summed E-state index contributed by atoms with van der Waals surface area (Å²) in [5.74, 6) is 2.12. The summed E-state index contributed by atoms with van der Waals surface area (Å²) in [4.78, 5) is 0. The Kier molecular flexibility index (Phi) is 3.65. The molecule has 0 N–H and O–H groups in total. The molecule has 1 heterocycles. The fourth-order valence-corrected chi connectivity index (χ4v) is 2.42. The molecule has 106 valence electrons. The second kappa shape index (κ2) is 5.75. The van der Waals surface area contributed by atoms with E-state index >= 15 is 0 Å². The summed E-state index contributed by atoms with van der Waals surface area (Å²) in [5.41, 5.74) is 2.80. The molecule has 0 fully saturated rings. The van der Waals surface area contributed by atoms with E-state index in [2.05, 4.69) is 0 Å². The predicted octanol–water partition coefficient (Wildman–Crippen LogP) is 4.08. The van der Waals surface area contributed by atoms with Gasteiger partial charge in [0.05, 0.1) is 25.4 Å². The van der Waals surface area contributed by atoms with Gasteiger partial charge in [0.15, 0.2) is 5.76 Å². The number of allylic oxidation sites excluding steroid dienone is 1. The van der Waals surface area contributed by atoms with Crippen molar-refractivity contribution in [1.82, 2.24) is 0 Å². The molecule has 0 spiro atoms. The number of rotatable bonds is 3. The summed E-state index contributed by atoms with van der Waals surface area (Å²) in [6, 6.07) is 17.8. The minimum atomic E-state index is 0.634. The standard InChI is InChI=1S/C18H16O3/c1-19-16-12-21-15-11-7-6-10-14(15)18(20-2)17(16)13-8-4-3-5-9-13/h3-12H,1-2H3. The largest absolute Gasteiger partial charge is 0.495 e. The lowest BCUT2D eigenvalue weighted by atomic mass is 9.99.